The Morgan fingerprint density at radius 3 is 3.00 bits per heavy atom. The lowest BCUT2D eigenvalue weighted by Crippen LogP contribution is -2.04. The van der Waals surface area contributed by atoms with E-state index in [9.17, 15) is 4.79 Å². The minimum atomic E-state index is 0.130. The molecule has 0 spiro atoms. The van der Waals surface area contributed by atoms with Crippen molar-refractivity contribution in [2.24, 2.45) is 0 Å². The second kappa shape index (κ2) is 4.97. The largest absolute Gasteiger partial charge is 0.372 e. The SMILES string of the molecule is CCn1cc(CC(=O)c2ccc3c(c2)COC3)cn1. The fourth-order valence-corrected chi connectivity index (χ4v) is 2.30. The van der Waals surface area contributed by atoms with Gasteiger partial charge in [0.1, 0.15) is 0 Å². The van der Waals surface area contributed by atoms with Crippen molar-refractivity contribution in [2.45, 2.75) is 33.1 Å². The van der Waals surface area contributed by atoms with Crippen LogP contribution in [-0.4, -0.2) is 15.6 Å². The standard InChI is InChI=1S/C15H16N2O2/c1-2-17-8-11(7-16-17)5-15(18)12-3-4-13-9-19-10-14(13)6-12/h3-4,6-8H,2,5,9-10H2,1H3. The molecule has 0 fully saturated rings. The number of rotatable bonds is 4. The van der Waals surface area contributed by atoms with E-state index in [0.29, 0.717) is 19.6 Å². The van der Waals surface area contributed by atoms with Crippen molar-refractivity contribution in [3.8, 4) is 0 Å². The number of ketones is 1. The third kappa shape index (κ3) is 2.44. The molecule has 0 amide bonds. The van der Waals surface area contributed by atoms with Crippen LogP contribution < -0.4 is 0 Å². The zero-order valence-electron chi connectivity index (χ0n) is 10.9. The van der Waals surface area contributed by atoms with Crippen molar-refractivity contribution in [1.29, 1.82) is 0 Å². The van der Waals surface area contributed by atoms with Gasteiger partial charge in [-0.05, 0) is 29.7 Å². The van der Waals surface area contributed by atoms with Crippen LogP contribution in [0.2, 0.25) is 0 Å². The highest BCUT2D eigenvalue weighted by Gasteiger charge is 2.15. The first-order valence-corrected chi connectivity index (χ1v) is 6.50. The molecule has 4 heteroatoms. The molecule has 0 bridgehead atoms. The van der Waals surface area contributed by atoms with E-state index in [1.165, 1.54) is 5.56 Å². The molecule has 0 N–H and O–H groups in total. The normalized spacial score (nSPS) is 13.5. The Balaban J connectivity index is 1.76. The second-order valence-corrected chi connectivity index (χ2v) is 4.78. The molecule has 1 aliphatic heterocycles. The molecule has 3 rings (SSSR count). The van der Waals surface area contributed by atoms with Crippen LogP contribution in [-0.2, 0) is 30.9 Å². The van der Waals surface area contributed by atoms with Crippen LogP contribution in [0.1, 0.15) is 34.0 Å². The van der Waals surface area contributed by atoms with Crippen molar-refractivity contribution in [1.82, 2.24) is 9.78 Å². The zero-order valence-corrected chi connectivity index (χ0v) is 10.9. The van der Waals surface area contributed by atoms with Crippen LogP contribution in [0.5, 0.6) is 0 Å². The number of aryl methyl sites for hydroxylation is 1. The maximum Gasteiger partial charge on any atom is 0.167 e. The molecular formula is C15H16N2O2. The Kier molecular flexibility index (Phi) is 3.17. The number of fused-ring (bicyclic) bond motifs is 1. The van der Waals surface area contributed by atoms with Crippen LogP contribution in [0.3, 0.4) is 0 Å². The van der Waals surface area contributed by atoms with Crippen molar-refractivity contribution >= 4 is 5.78 Å². The van der Waals surface area contributed by atoms with Gasteiger partial charge in [-0.1, -0.05) is 12.1 Å². The minimum Gasteiger partial charge on any atom is -0.372 e. The number of hydrogen-bond donors (Lipinski definition) is 0. The van der Waals surface area contributed by atoms with E-state index in [1.54, 1.807) is 6.20 Å². The number of carbonyl (C=O) groups excluding carboxylic acids is 1. The van der Waals surface area contributed by atoms with Gasteiger partial charge in [0.25, 0.3) is 0 Å². The average Bonchev–Trinajstić information content (AvgIpc) is 3.05. The molecule has 19 heavy (non-hydrogen) atoms. The summed E-state index contributed by atoms with van der Waals surface area (Å²) in [4.78, 5) is 12.2. The Morgan fingerprint density at radius 2 is 2.21 bits per heavy atom. The summed E-state index contributed by atoms with van der Waals surface area (Å²) in [7, 11) is 0. The predicted octanol–water partition coefficient (Wildman–Crippen LogP) is 2.36. The van der Waals surface area contributed by atoms with Crippen LogP contribution in [0.4, 0.5) is 0 Å². The first kappa shape index (κ1) is 12.1. The topological polar surface area (TPSA) is 44.1 Å². The minimum absolute atomic E-state index is 0.130. The third-order valence-corrected chi connectivity index (χ3v) is 3.42. The van der Waals surface area contributed by atoms with Gasteiger partial charge in [0.05, 0.1) is 19.4 Å². The average molecular weight is 256 g/mol. The van der Waals surface area contributed by atoms with Gasteiger partial charge < -0.3 is 4.74 Å². The number of hydrogen-bond acceptors (Lipinski definition) is 3. The Labute approximate surface area is 112 Å². The second-order valence-electron chi connectivity index (χ2n) is 4.78. The molecule has 1 aromatic heterocycles. The maximum absolute atomic E-state index is 12.2. The van der Waals surface area contributed by atoms with Crippen molar-refractivity contribution in [3.05, 3.63) is 52.8 Å². The molecule has 0 saturated heterocycles. The number of ether oxygens (including phenoxy) is 1. The van der Waals surface area contributed by atoms with Gasteiger partial charge in [0.15, 0.2) is 5.78 Å². The molecule has 1 aromatic carbocycles. The fourth-order valence-electron chi connectivity index (χ4n) is 2.30. The zero-order chi connectivity index (χ0) is 13.2. The van der Waals surface area contributed by atoms with Gasteiger partial charge in [-0.3, -0.25) is 9.48 Å². The Bertz CT molecular complexity index is 616. The van der Waals surface area contributed by atoms with E-state index >= 15 is 0 Å². The lowest BCUT2D eigenvalue weighted by molar-refractivity contribution is 0.0993. The molecule has 0 radical (unpaired) electrons. The van der Waals surface area contributed by atoms with Crippen molar-refractivity contribution in [2.75, 3.05) is 0 Å². The molecule has 2 heterocycles. The van der Waals surface area contributed by atoms with E-state index in [0.717, 1.165) is 23.2 Å². The highest BCUT2D eigenvalue weighted by molar-refractivity contribution is 5.97. The summed E-state index contributed by atoms with van der Waals surface area (Å²) < 4.78 is 7.19. The summed E-state index contributed by atoms with van der Waals surface area (Å²) in [5, 5.41) is 4.18. The predicted molar refractivity (Wildman–Crippen MR) is 70.9 cm³/mol. The summed E-state index contributed by atoms with van der Waals surface area (Å²) in [5.41, 5.74) is 4.04. The van der Waals surface area contributed by atoms with Crippen LogP contribution in [0.15, 0.2) is 30.6 Å². The molecular weight excluding hydrogens is 240 g/mol. The lowest BCUT2D eigenvalue weighted by atomic mass is 10.0. The number of nitrogens with zero attached hydrogens (tertiary/aromatic N) is 2. The highest BCUT2D eigenvalue weighted by atomic mass is 16.5. The molecule has 1 aliphatic rings. The quantitative estimate of drug-likeness (QED) is 0.789. The summed E-state index contributed by atoms with van der Waals surface area (Å²) in [6.07, 6.45) is 4.09. The van der Waals surface area contributed by atoms with Crippen molar-refractivity contribution in [3.63, 3.8) is 0 Å². The van der Waals surface area contributed by atoms with Gasteiger partial charge in [-0.25, -0.2) is 0 Å². The van der Waals surface area contributed by atoms with Gasteiger partial charge in [-0.2, -0.15) is 5.10 Å². The Hall–Kier alpha value is -1.94. The summed E-state index contributed by atoms with van der Waals surface area (Å²) in [5.74, 6) is 0.130. The van der Waals surface area contributed by atoms with Gasteiger partial charge in [0.2, 0.25) is 0 Å². The molecule has 4 nitrogen and oxygen atoms in total. The lowest BCUT2D eigenvalue weighted by Gasteiger charge is -2.02. The summed E-state index contributed by atoms with van der Waals surface area (Å²) in [6, 6.07) is 5.83. The maximum atomic E-state index is 12.2. The fraction of sp³-hybridized carbons (Fsp3) is 0.333. The van der Waals surface area contributed by atoms with Crippen LogP contribution in [0.25, 0.3) is 0 Å². The smallest absolute Gasteiger partial charge is 0.167 e. The molecule has 0 atom stereocenters. The number of aromatic nitrogens is 2. The Morgan fingerprint density at radius 1 is 1.37 bits per heavy atom. The van der Waals surface area contributed by atoms with Crippen molar-refractivity contribution < 1.29 is 9.53 Å². The number of carbonyl (C=O) groups is 1. The van der Waals surface area contributed by atoms with Gasteiger partial charge >= 0.3 is 0 Å². The van der Waals surface area contributed by atoms with E-state index < -0.39 is 0 Å². The van der Waals surface area contributed by atoms with Crippen LogP contribution >= 0.6 is 0 Å². The van der Waals surface area contributed by atoms with E-state index in [1.807, 2.05) is 36.0 Å². The van der Waals surface area contributed by atoms with Gasteiger partial charge in [0, 0.05) is 24.7 Å². The van der Waals surface area contributed by atoms with Crippen LogP contribution in [0, 0.1) is 0 Å². The number of benzene rings is 1. The van der Waals surface area contributed by atoms with E-state index in [2.05, 4.69) is 5.10 Å². The highest BCUT2D eigenvalue weighted by Crippen LogP contribution is 2.21. The molecule has 0 saturated carbocycles. The monoisotopic (exact) mass is 256 g/mol. The number of Topliss-reactive ketones (excluding diaryl/α,β-unsaturated/α-hetero) is 1. The van der Waals surface area contributed by atoms with E-state index in [4.69, 9.17) is 4.74 Å². The molecule has 0 aliphatic carbocycles. The first-order valence-electron chi connectivity index (χ1n) is 6.50. The summed E-state index contributed by atoms with van der Waals surface area (Å²) in [6.45, 7) is 4.13. The summed E-state index contributed by atoms with van der Waals surface area (Å²) >= 11 is 0. The molecule has 0 unspecified atom stereocenters. The van der Waals surface area contributed by atoms with E-state index in [-0.39, 0.29) is 5.78 Å². The van der Waals surface area contributed by atoms with Gasteiger partial charge in [-0.15, -0.1) is 0 Å². The molecule has 98 valence electrons. The molecule has 2 aromatic rings. The third-order valence-electron chi connectivity index (χ3n) is 3.42. The first-order chi connectivity index (χ1) is 9.26.